The van der Waals surface area contributed by atoms with Gasteiger partial charge in [-0.15, -0.1) is 0 Å². The second-order valence-corrected chi connectivity index (χ2v) is 6.96. The number of hydrogen-bond acceptors (Lipinski definition) is 4. The molecule has 5 nitrogen and oxygen atoms in total. The molecule has 2 rings (SSSR count). The van der Waals surface area contributed by atoms with Gasteiger partial charge in [0.1, 0.15) is 5.82 Å². The van der Waals surface area contributed by atoms with Crippen LogP contribution in [0.3, 0.4) is 0 Å². The second-order valence-electron chi connectivity index (χ2n) is 5.02. The molecule has 1 atom stereocenters. The van der Waals surface area contributed by atoms with E-state index in [1.54, 1.807) is 0 Å². The van der Waals surface area contributed by atoms with E-state index in [1.165, 1.54) is 16.4 Å². The van der Waals surface area contributed by atoms with Crippen molar-refractivity contribution in [1.29, 1.82) is 0 Å². The third-order valence-electron chi connectivity index (χ3n) is 3.74. The lowest BCUT2D eigenvalue weighted by Gasteiger charge is -2.38. The molecule has 1 aliphatic heterocycles. The van der Waals surface area contributed by atoms with Crippen LogP contribution < -0.4 is 5.73 Å². The number of rotatable bonds is 3. The lowest BCUT2D eigenvalue weighted by Crippen LogP contribution is -2.53. The first-order valence-electron chi connectivity index (χ1n) is 6.65. The third kappa shape index (κ3) is 2.79. The Morgan fingerprint density at radius 1 is 1.40 bits per heavy atom. The minimum atomic E-state index is -3.65. The van der Waals surface area contributed by atoms with Crippen LogP contribution >= 0.6 is 0 Å². The third-order valence-corrected chi connectivity index (χ3v) is 5.60. The van der Waals surface area contributed by atoms with Crippen molar-refractivity contribution >= 4 is 15.7 Å². The molecule has 1 fully saturated rings. The standard InChI is InChI=1S/C13H20FN3O2S/c1-3-16-6-7-17(9-10(16)2)20(18,19)11-4-5-13(15)12(14)8-11/h4-5,8,10H,3,6-7,9,15H2,1-2H3. The number of benzene rings is 1. The van der Waals surface area contributed by atoms with Gasteiger partial charge in [0.25, 0.3) is 0 Å². The fourth-order valence-corrected chi connectivity index (χ4v) is 3.99. The molecule has 1 aromatic carbocycles. The molecule has 1 aliphatic rings. The van der Waals surface area contributed by atoms with E-state index < -0.39 is 15.8 Å². The van der Waals surface area contributed by atoms with Crippen LogP contribution in [0.15, 0.2) is 23.1 Å². The molecule has 0 saturated carbocycles. The summed E-state index contributed by atoms with van der Waals surface area (Å²) in [6.45, 7) is 6.47. The average molecular weight is 301 g/mol. The Kier molecular flexibility index (Phi) is 4.31. The Bertz CT molecular complexity index is 591. The maximum atomic E-state index is 13.5. The summed E-state index contributed by atoms with van der Waals surface area (Å²) in [6.07, 6.45) is 0. The Hall–Kier alpha value is -1.18. The summed E-state index contributed by atoms with van der Waals surface area (Å²) < 4.78 is 39.8. The van der Waals surface area contributed by atoms with Crippen molar-refractivity contribution in [3.8, 4) is 0 Å². The second kappa shape index (κ2) is 5.67. The molecule has 0 radical (unpaired) electrons. The highest BCUT2D eigenvalue weighted by atomic mass is 32.2. The van der Waals surface area contributed by atoms with Gasteiger partial charge in [0.2, 0.25) is 10.0 Å². The van der Waals surface area contributed by atoms with E-state index in [2.05, 4.69) is 11.8 Å². The van der Waals surface area contributed by atoms with Gasteiger partial charge in [-0.2, -0.15) is 4.31 Å². The zero-order chi connectivity index (χ0) is 14.9. The SMILES string of the molecule is CCN1CCN(S(=O)(=O)c2ccc(N)c(F)c2)CC1C. The summed E-state index contributed by atoms with van der Waals surface area (Å²) in [5.41, 5.74) is 5.33. The zero-order valence-electron chi connectivity index (χ0n) is 11.7. The first-order valence-corrected chi connectivity index (χ1v) is 8.09. The molecule has 1 saturated heterocycles. The maximum absolute atomic E-state index is 13.5. The van der Waals surface area contributed by atoms with E-state index in [9.17, 15) is 12.8 Å². The summed E-state index contributed by atoms with van der Waals surface area (Å²) in [5, 5.41) is 0. The van der Waals surface area contributed by atoms with Gasteiger partial charge in [-0.25, -0.2) is 12.8 Å². The summed E-state index contributed by atoms with van der Waals surface area (Å²) in [6, 6.07) is 3.78. The zero-order valence-corrected chi connectivity index (χ0v) is 12.5. The fraction of sp³-hybridized carbons (Fsp3) is 0.538. The largest absolute Gasteiger partial charge is 0.396 e. The monoisotopic (exact) mass is 301 g/mol. The summed E-state index contributed by atoms with van der Waals surface area (Å²) in [5.74, 6) is -0.702. The fourth-order valence-electron chi connectivity index (χ4n) is 2.47. The van der Waals surface area contributed by atoms with E-state index >= 15 is 0 Å². The van der Waals surface area contributed by atoms with Gasteiger partial charge in [-0.3, -0.25) is 4.90 Å². The number of anilines is 1. The molecule has 0 aromatic heterocycles. The van der Waals surface area contributed by atoms with Crippen molar-refractivity contribution in [2.24, 2.45) is 0 Å². The Balaban J connectivity index is 2.25. The number of nitrogens with two attached hydrogens (primary N) is 1. The molecule has 1 heterocycles. The van der Waals surface area contributed by atoms with Crippen LogP contribution in [0.25, 0.3) is 0 Å². The molecule has 2 N–H and O–H groups in total. The van der Waals surface area contributed by atoms with Gasteiger partial charge in [-0.1, -0.05) is 6.92 Å². The minimum absolute atomic E-state index is 0.0404. The van der Waals surface area contributed by atoms with Crippen molar-refractivity contribution in [3.05, 3.63) is 24.0 Å². The summed E-state index contributed by atoms with van der Waals surface area (Å²) in [7, 11) is -3.65. The smallest absolute Gasteiger partial charge is 0.243 e. The van der Waals surface area contributed by atoms with Gasteiger partial charge in [0.15, 0.2) is 0 Å². The number of nitrogen functional groups attached to an aromatic ring is 1. The molecule has 7 heteroatoms. The van der Waals surface area contributed by atoms with E-state index in [0.29, 0.717) is 19.6 Å². The number of hydrogen-bond donors (Lipinski definition) is 1. The first kappa shape index (κ1) is 15.2. The molecule has 1 aromatic rings. The number of halogens is 1. The summed E-state index contributed by atoms with van der Waals surface area (Å²) in [4.78, 5) is 2.18. The molecule has 112 valence electrons. The molecule has 20 heavy (non-hydrogen) atoms. The van der Waals surface area contributed by atoms with Gasteiger partial charge in [0.05, 0.1) is 10.6 Å². The Morgan fingerprint density at radius 3 is 2.65 bits per heavy atom. The molecular weight excluding hydrogens is 281 g/mol. The maximum Gasteiger partial charge on any atom is 0.243 e. The van der Waals surface area contributed by atoms with E-state index in [4.69, 9.17) is 5.73 Å². The topological polar surface area (TPSA) is 66.6 Å². The number of nitrogens with zero attached hydrogens (tertiary/aromatic N) is 2. The van der Waals surface area contributed by atoms with Crippen molar-refractivity contribution in [2.75, 3.05) is 31.9 Å². The molecule has 1 unspecified atom stereocenters. The van der Waals surface area contributed by atoms with Gasteiger partial charge in [0, 0.05) is 25.7 Å². The quantitative estimate of drug-likeness (QED) is 0.850. The molecule has 0 spiro atoms. The number of piperazine rings is 1. The Labute approximate surface area is 119 Å². The van der Waals surface area contributed by atoms with Crippen molar-refractivity contribution in [3.63, 3.8) is 0 Å². The van der Waals surface area contributed by atoms with E-state index in [1.807, 2.05) is 6.92 Å². The molecule has 0 aliphatic carbocycles. The van der Waals surface area contributed by atoms with E-state index in [0.717, 1.165) is 12.6 Å². The van der Waals surface area contributed by atoms with Crippen LogP contribution in [0.5, 0.6) is 0 Å². The van der Waals surface area contributed by atoms with Crippen molar-refractivity contribution < 1.29 is 12.8 Å². The van der Waals surface area contributed by atoms with E-state index in [-0.39, 0.29) is 16.6 Å². The predicted octanol–water partition coefficient (Wildman–Crippen LogP) is 1.12. The minimum Gasteiger partial charge on any atom is -0.396 e. The average Bonchev–Trinajstić information content (AvgIpc) is 2.41. The van der Waals surface area contributed by atoms with Crippen LogP contribution in [0.4, 0.5) is 10.1 Å². The molecule has 0 bridgehead atoms. The molecule has 0 amide bonds. The first-order chi connectivity index (χ1) is 9.36. The van der Waals surface area contributed by atoms with Crippen molar-refractivity contribution in [2.45, 2.75) is 24.8 Å². The number of likely N-dealkylation sites (N-methyl/N-ethyl adjacent to an activating group) is 1. The van der Waals surface area contributed by atoms with Gasteiger partial charge in [-0.05, 0) is 31.7 Å². The Morgan fingerprint density at radius 2 is 2.10 bits per heavy atom. The molecular formula is C13H20FN3O2S. The van der Waals surface area contributed by atoms with Crippen LogP contribution in [0, 0.1) is 5.82 Å². The van der Waals surface area contributed by atoms with Gasteiger partial charge < -0.3 is 5.73 Å². The lowest BCUT2D eigenvalue weighted by atomic mass is 10.2. The van der Waals surface area contributed by atoms with Crippen LogP contribution in [0.2, 0.25) is 0 Å². The normalized spacial score (nSPS) is 22.1. The van der Waals surface area contributed by atoms with Crippen LogP contribution in [-0.2, 0) is 10.0 Å². The van der Waals surface area contributed by atoms with Crippen molar-refractivity contribution in [1.82, 2.24) is 9.21 Å². The van der Waals surface area contributed by atoms with Gasteiger partial charge >= 0.3 is 0 Å². The summed E-state index contributed by atoms with van der Waals surface area (Å²) >= 11 is 0. The van der Waals surface area contributed by atoms with Crippen LogP contribution in [0.1, 0.15) is 13.8 Å². The van der Waals surface area contributed by atoms with Crippen LogP contribution in [-0.4, -0.2) is 49.8 Å². The predicted molar refractivity (Wildman–Crippen MR) is 76.3 cm³/mol. The highest BCUT2D eigenvalue weighted by Gasteiger charge is 2.31. The lowest BCUT2D eigenvalue weighted by molar-refractivity contribution is 0.135. The highest BCUT2D eigenvalue weighted by Crippen LogP contribution is 2.22. The highest BCUT2D eigenvalue weighted by molar-refractivity contribution is 7.89. The number of sulfonamides is 1.